The number of nitrogens with zero attached hydrogens (tertiary/aromatic N) is 2. The second-order valence-electron chi connectivity index (χ2n) is 6.75. The van der Waals surface area contributed by atoms with Crippen molar-refractivity contribution in [2.45, 2.75) is 13.8 Å². The molecule has 2 aromatic carbocycles. The van der Waals surface area contributed by atoms with E-state index < -0.39 is 4.92 Å². The number of hydrogen-bond donors (Lipinski definition) is 1. The van der Waals surface area contributed by atoms with Gasteiger partial charge in [-0.3, -0.25) is 20.2 Å². The van der Waals surface area contributed by atoms with Gasteiger partial charge in [-0.05, 0) is 48.6 Å². The Morgan fingerprint density at radius 1 is 1.10 bits per heavy atom. The van der Waals surface area contributed by atoms with E-state index in [9.17, 15) is 14.9 Å². The summed E-state index contributed by atoms with van der Waals surface area (Å²) in [6.45, 7) is 4.07. The number of hydrogen-bond acceptors (Lipinski definition) is 6. The number of nitro benzene ring substituents is 1. The molecule has 1 N–H and O–H groups in total. The SMILES string of the molecule is Cc1ccc(-c2sc(NC(=O)c3cccs3)nc2-c2ccc([N+](=O)[O-])cc2)c(C)c1. The zero-order valence-corrected chi connectivity index (χ0v) is 17.8. The van der Waals surface area contributed by atoms with E-state index in [2.05, 4.69) is 16.4 Å². The molecule has 0 aliphatic heterocycles. The molecule has 0 bridgehead atoms. The van der Waals surface area contributed by atoms with Crippen LogP contribution in [0.3, 0.4) is 0 Å². The molecule has 0 saturated heterocycles. The lowest BCUT2D eigenvalue weighted by atomic mass is 10.0. The van der Waals surface area contributed by atoms with Crippen LogP contribution in [0.1, 0.15) is 20.8 Å². The summed E-state index contributed by atoms with van der Waals surface area (Å²) in [6.07, 6.45) is 0. The van der Waals surface area contributed by atoms with Crippen LogP contribution < -0.4 is 5.32 Å². The largest absolute Gasteiger partial charge is 0.297 e. The molecule has 4 aromatic rings. The Bertz CT molecular complexity index is 1230. The Morgan fingerprint density at radius 2 is 1.87 bits per heavy atom. The van der Waals surface area contributed by atoms with Gasteiger partial charge in [-0.15, -0.1) is 11.3 Å². The van der Waals surface area contributed by atoms with Gasteiger partial charge in [0.2, 0.25) is 0 Å². The molecule has 0 saturated carbocycles. The van der Waals surface area contributed by atoms with E-state index in [0.29, 0.717) is 15.7 Å². The standard InChI is InChI=1S/C22H17N3O3S2/c1-13-5-10-17(14(2)12-13)20-19(15-6-8-16(9-7-15)25(27)28)23-22(30-20)24-21(26)18-4-3-11-29-18/h3-12H,1-2H3,(H,23,24,26). The maximum atomic E-state index is 12.5. The summed E-state index contributed by atoms with van der Waals surface area (Å²) in [6, 6.07) is 16.0. The minimum Gasteiger partial charge on any atom is -0.297 e. The van der Waals surface area contributed by atoms with Crippen LogP contribution in [0.15, 0.2) is 60.0 Å². The average Bonchev–Trinajstić information content (AvgIpc) is 3.38. The topological polar surface area (TPSA) is 85.1 Å². The zero-order valence-electron chi connectivity index (χ0n) is 16.2. The highest BCUT2D eigenvalue weighted by Gasteiger charge is 2.19. The van der Waals surface area contributed by atoms with Gasteiger partial charge in [-0.25, -0.2) is 4.98 Å². The fourth-order valence-corrected chi connectivity index (χ4v) is 4.82. The van der Waals surface area contributed by atoms with Crippen molar-refractivity contribution in [3.63, 3.8) is 0 Å². The minimum atomic E-state index is -0.428. The number of carbonyl (C=O) groups excluding carboxylic acids is 1. The number of benzene rings is 2. The number of rotatable bonds is 5. The third-order valence-corrected chi connectivity index (χ3v) is 6.44. The second kappa shape index (κ2) is 8.17. The van der Waals surface area contributed by atoms with Crippen molar-refractivity contribution in [1.29, 1.82) is 0 Å². The first-order valence-electron chi connectivity index (χ1n) is 9.10. The summed E-state index contributed by atoms with van der Waals surface area (Å²) < 4.78 is 0. The highest BCUT2D eigenvalue weighted by atomic mass is 32.1. The molecule has 8 heteroatoms. The number of anilines is 1. The first-order chi connectivity index (χ1) is 14.4. The van der Waals surface area contributed by atoms with Crippen molar-refractivity contribution in [1.82, 2.24) is 4.98 Å². The first-order valence-corrected chi connectivity index (χ1v) is 10.8. The Kier molecular flexibility index (Phi) is 5.43. The van der Waals surface area contributed by atoms with Gasteiger partial charge in [0.1, 0.15) is 0 Å². The van der Waals surface area contributed by atoms with Crippen LogP contribution in [0.4, 0.5) is 10.8 Å². The Balaban J connectivity index is 1.79. The number of carbonyl (C=O) groups is 1. The summed E-state index contributed by atoms with van der Waals surface area (Å²) >= 11 is 2.75. The van der Waals surface area contributed by atoms with Crippen molar-refractivity contribution in [3.8, 4) is 21.7 Å². The molecule has 150 valence electrons. The van der Waals surface area contributed by atoms with E-state index >= 15 is 0 Å². The van der Waals surface area contributed by atoms with Crippen LogP contribution in [0.25, 0.3) is 21.7 Å². The Morgan fingerprint density at radius 3 is 2.50 bits per heavy atom. The monoisotopic (exact) mass is 435 g/mol. The molecule has 1 amide bonds. The fraction of sp³-hybridized carbons (Fsp3) is 0.0909. The fourth-order valence-electron chi connectivity index (χ4n) is 3.13. The molecular weight excluding hydrogens is 418 g/mol. The lowest BCUT2D eigenvalue weighted by Gasteiger charge is -2.07. The van der Waals surface area contributed by atoms with Gasteiger partial charge in [-0.1, -0.05) is 41.2 Å². The van der Waals surface area contributed by atoms with Crippen LogP contribution in [0.2, 0.25) is 0 Å². The van der Waals surface area contributed by atoms with Gasteiger partial charge >= 0.3 is 0 Å². The lowest BCUT2D eigenvalue weighted by Crippen LogP contribution is -2.09. The molecule has 0 aliphatic rings. The van der Waals surface area contributed by atoms with E-state index in [1.807, 2.05) is 37.4 Å². The molecule has 6 nitrogen and oxygen atoms in total. The van der Waals surface area contributed by atoms with Crippen molar-refractivity contribution in [3.05, 3.63) is 86.1 Å². The third kappa shape index (κ3) is 4.00. The Hall–Kier alpha value is -3.36. The highest BCUT2D eigenvalue weighted by Crippen LogP contribution is 2.41. The van der Waals surface area contributed by atoms with Gasteiger partial charge in [0.15, 0.2) is 5.13 Å². The molecule has 0 unspecified atom stereocenters. The van der Waals surface area contributed by atoms with Gasteiger partial charge < -0.3 is 0 Å². The van der Waals surface area contributed by atoms with Crippen LogP contribution in [-0.4, -0.2) is 15.8 Å². The van der Waals surface area contributed by atoms with Crippen LogP contribution in [0.5, 0.6) is 0 Å². The molecule has 2 heterocycles. The van der Waals surface area contributed by atoms with Gasteiger partial charge in [0, 0.05) is 17.7 Å². The summed E-state index contributed by atoms with van der Waals surface area (Å²) in [5.41, 5.74) is 4.73. The smallest absolute Gasteiger partial charge is 0.269 e. The van der Waals surface area contributed by atoms with Gasteiger partial charge in [-0.2, -0.15) is 0 Å². The molecular formula is C22H17N3O3S2. The van der Waals surface area contributed by atoms with Crippen molar-refractivity contribution < 1.29 is 9.72 Å². The van der Waals surface area contributed by atoms with E-state index in [1.165, 1.54) is 34.8 Å². The second-order valence-corrected chi connectivity index (χ2v) is 8.70. The van der Waals surface area contributed by atoms with Crippen LogP contribution in [0, 0.1) is 24.0 Å². The van der Waals surface area contributed by atoms with E-state index in [0.717, 1.165) is 27.1 Å². The zero-order chi connectivity index (χ0) is 21.3. The van der Waals surface area contributed by atoms with Crippen LogP contribution >= 0.6 is 22.7 Å². The van der Waals surface area contributed by atoms with Crippen molar-refractivity contribution >= 4 is 39.4 Å². The van der Waals surface area contributed by atoms with E-state index in [1.54, 1.807) is 18.2 Å². The van der Waals surface area contributed by atoms with E-state index in [4.69, 9.17) is 0 Å². The number of aryl methyl sites for hydroxylation is 2. The highest BCUT2D eigenvalue weighted by molar-refractivity contribution is 7.19. The maximum absolute atomic E-state index is 12.5. The quantitative estimate of drug-likeness (QED) is 0.294. The number of thiophene rings is 1. The third-order valence-electron chi connectivity index (χ3n) is 4.57. The summed E-state index contributed by atoms with van der Waals surface area (Å²) in [5.74, 6) is -0.207. The normalized spacial score (nSPS) is 10.7. The molecule has 0 spiro atoms. The Labute approximate surface area is 181 Å². The number of nitro groups is 1. The summed E-state index contributed by atoms with van der Waals surface area (Å²) in [4.78, 5) is 29.2. The number of thiazole rings is 1. The number of nitrogens with one attached hydrogen (secondary N) is 1. The predicted molar refractivity (Wildman–Crippen MR) is 121 cm³/mol. The van der Waals surface area contributed by atoms with Gasteiger partial charge in [0.05, 0.1) is 20.4 Å². The minimum absolute atomic E-state index is 0.0215. The van der Waals surface area contributed by atoms with Gasteiger partial charge in [0.25, 0.3) is 11.6 Å². The molecule has 0 fully saturated rings. The van der Waals surface area contributed by atoms with Crippen molar-refractivity contribution in [2.75, 3.05) is 5.32 Å². The molecule has 2 aromatic heterocycles. The molecule has 0 aliphatic carbocycles. The van der Waals surface area contributed by atoms with Crippen LogP contribution in [-0.2, 0) is 0 Å². The molecule has 4 rings (SSSR count). The number of non-ortho nitro benzene ring substituents is 1. The van der Waals surface area contributed by atoms with Crippen molar-refractivity contribution in [2.24, 2.45) is 0 Å². The average molecular weight is 436 g/mol. The lowest BCUT2D eigenvalue weighted by molar-refractivity contribution is -0.384. The number of aromatic nitrogens is 1. The number of amides is 1. The molecule has 0 atom stereocenters. The maximum Gasteiger partial charge on any atom is 0.269 e. The molecule has 0 radical (unpaired) electrons. The summed E-state index contributed by atoms with van der Waals surface area (Å²) in [7, 11) is 0. The summed E-state index contributed by atoms with van der Waals surface area (Å²) in [5, 5.41) is 16.2. The predicted octanol–water partition coefficient (Wildman–Crippen LogP) is 6.32. The molecule has 30 heavy (non-hydrogen) atoms. The first kappa shape index (κ1) is 19.9. The van der Waals surface area contributed by atoms with E-state index in [-0.39, 0.29) is 11.6 Å².